The molecule has 0 radical (unpaired) electrons. The first-order valence-electron chi connectivity index (χ1n) is 14.8. The minimum atomic E-state index is -4.77. The fourth-order valence-corrected chi connectivity index (χ4v) is 9.76. The summed E-state index contributed by atoms with van der Waals surface area (Å²) in [5.41, 5.74) is -0.635. The van der Waals surface area contributed by atoms with Crippen molar-refractivity contribution in [2.24, 2.45) is 5.92 Å². The molecular weight excluding hydrogens is 601 g/mol. The molecule has 5 nitrogen and oxygen atoms in total. The molecule has 3 aromatic rings. The molecular formula is C33H32F5NO4S. The van der Waals surface area contributed by atoms with Crippen LogP contribution in [0.3, 0.4) is 0 Å². The van der Waals surface area contributed by atoms with Gasteiger partial charge in [0.2, 0.25) is 5.91 Å². The van der Waals surface area contributed by atoms with E-state index in [-0.39, 0.29) is 35.4 Å². The normalized spacial score (nSPS) is 22.4. The van der Waals surface area contributed by atoms with Crippen molar-refractivity contribution in [3.8, 4) is 5.75 Å². The highest BCUT2D eigenvalue weighted by atomic mass is 32.2. The van der Waals surface area contributed by atoms with Gasteiger partial charge in [0.15, 0.2) is 9.84 Å². The quantitative estimate of drug-likeness (QED) is 0.210. The Morgan fingerprint density at radius 3 is 2.39 bits per heavy atom. The van der Waals surface area contributed by atoms with Gasteiger partial charge >= 0.3 is 6.18 Å². The van der Waals surface area contributed by atoms with Gasteiger partial charge in [-0.25, -0.2) is 17.2 Å². The standard InChI is InChI=1S/C33H32F5NO4S/c34-23-10-13-25(14-11-23)44(41,42)32-17-18-39(31(40)21-5-2-1-3-6-21)30(32)16-9-22-19-24(12-15-27(22)32)43-20-26-28(33(36,37)38)7-4-8-29(26)35/h4,7-8,10-15,19,21,30H,1-3,5-6,9,16-18,20H2. The number of carbonyl (C=O) groups excluding carboxylic acids is 1. The van der Waals surface area contributed by atoms with Gasteiger partial charge < -0.3 is 9.64 Å². The third kappa shape index (κ3) is 5.16. The first kappa shape index (κ1) is 30.6. The van der Waals surface area contributed by atoms with Gasteiger partial charge in [-0.3, -0.25) is 4.79 Å². The summed E-state index contributed by atoms with van der Waals surface area (Å²) in [6, 6.07) is 11.4. The Bertz CT molecular complexity index is 1670. The number of ether oxygens (including phenoxy) is 1. The van der Waals surface area contributed by atoms with Crippen LogP contribution in [0.4, 0.5) is 22.0 Å². The number of aryl methyl sites for hydroxylation is 1. The lowest BCUT2D eigenvalue weighted by atomic mass is 9.78. The number of halogens is 5. The molecule has 1 saturated heterocycles. The predicted molar refractivity (Wildman–Crippen MR) is 152 cm³/mol. The Morgan fingerprint density at radius 1 is 0.955 bits per heavy atom. The highest BCUT2D eigenvalue weighted by Gasteiger charge is 2.61. The van der Waals surface area contributed by atoms with Crippen LogP contribution in [0.25, 0.3) is 0 Å². The first-order chi connectivity index (χ1) is 20.9. The zero-order valence-electron chi connectivity index (χ0n) is 23.9. The van der Waals surface area contributed by atoms with E-state index < -0.39 is 56.2 Å². The third-order valence-corrected chi connectivity index (χ3v) is 12.1. The molecule has 6 rings (SSSR count). The molecule has 11 heteroatoms. The van der Waals surface area contributed by atoms with E-state index in [0.717, 1.165) is 62.4 Å². The number of alkyl halides is 3. The Balaban J connectivity index is 1.38. The van der Waals surface area contributed by atoms with Gasteiger partial charge in [0, 0.05) is 18.0 Å². The smallest absolute Gasteiger partial charge is 0.416 e. The van der Waals surface area contributed by atoms with Crippen LogP contribution < -0.4 is 4.74 Å². The van der Waals surface area contributed by atoms with Crippen molar-refractivity contribution >= 4 is 15.7 Å². The molecule has 0 aromatic heterocycles. The summed E-state index contributed by atoms with van der Waals surface area (Å²) >= 11 is 0. The molecule has 0 N–H and O–H groups in total. The van der Waals surface area contributed by atoms with Gasteiger partial charge in [-0.05, 0) is 91.8 Å². The summed E-state index contributed by atoms with van der Waals surface area (Å²) in [5, 5.41) is 0. The molecule has 2 unspecified atom stereocenters. The molecule has 1 saturated carbocycles. The van der Waals surface area contributed by atoms with Crippen molar-refractivity contribution in [1.82, 2.24) is 4.90 Å². The third-order valence-electron chi connectivity index (χ3n) is 9.51. The number of benzene rings is 3. The maximum Gasteiger partial charge on any atom is 0.416 e. The summed E-state index contributed by atoms with van der Waals surface area (Å²) < 4.78 is 102. The van der Waals surface area contributed by atoms with Crippen LogP contribution >= 0.6 is 0 Å². The van der Waals surface area contributed by atoms with E-state index in [4.69, 9.17) is 4.74 Å². The van der Waals surface area contributed by atoms with Crippen LogP contribution in [0.5, 0.6) is 5.75 Å². The van der Waals surface area contributed by atoms with E-state index in [9.17, 15) is 35.2 Å². The molecule has 234 valence electrons. The summed E-state index contributed by atoms with van der Waals surface area (Å²) in [4.78, 5) is 15.5. The van der Waals surface area contributed by atoms with Crippen molar-refractivity contribution in [2.45, 2.75) is 79.8 Å². The zero-order chi connectivity index (χ0) is 31.3. The molecule has 2 fully saturated rings. The maximum atomic E-state index is 14.5. The summed E-state index contributed by atoms with van der Waals surface area (Å²) in [6.45, 7) is -0.419. The number of likely N-dealkylation sites (tertiary alicyclic amines) is 1. The summed E-state index contributed by atoms with van der Waals surface area (Å²) in [6.07, 6.45) is 0.657. The van der Waals surface area contributed by atoms with Crippen molar-refractivity contribution in [1.29, 1.82) is 0 Å². The second-order valence-corrected chi connectivity index (χ2v) is 14.1. The zero-order valence-corrected chi connectivity index (χ0v) is 24.7. The fourth-order valence-electron chi connectivity index (χ4n) is 7.39. The number of amides is 1. The van der Waals surface area contributed by atoms with Crippen molar-refractivity contribution < 1.29 is 39.9 Å². The number of hydrogen-bond donors (Lipinski definition) is 0. The molecule has 1 heterocycles. The van der Waals surface area contributed by atoms with E-state index in [1.165, 1.54) is 18.2 Å². The number of rotatable bonds is 6. The number of hydrogen-bond acceptors (Lipinski definition) is 4. The van der Waals surface area contributed by atoms with E-state index in [2.05, 4.69) is 0 Å². The molecule has 44 heavy (non-hydrogen) atoms. The van der Waals surface area contributed by atoms with E-state index in [1.807, 2.05) is 0 Å². The Kier molecular flexibility index (Phi) is 7.96. The van der Waals surface area contributed by atoms with E-state index >= 15 is 0 Å². The number of sulfone groups is 1. The minimum Gasteiger partial charge on any atom is -0.489 e. The first-order valence-corrected chi connectivity index (χ1v) is 16.3. The summed E-state index contributed by atoms with van der Waals surface area (Å²) in [5.74, 6) is -1.63. The molecule has 1 aliphatic heterocycles. The maximum absolute atomic E-state index is 14.5. The predicted octanol–water partition coefficient (Wildman–Crippen LogP) is 7.36. The lowest BCUT2D eigenvalue weighted by Crippen LogP contribution is -2.53. The lowest BCUT2D eigenvalue weighted by molar-refractivity contribution is -0.139. The van der Waals surface area contributed by atoms with Crippen LogP contribution in [0.15, 0.2) is 65.6 Å². The molecule has 0 bridgehead atoms. The molecule has 2 aliphatic carbocycles. The number of fused-ring (bicyclic) bond motifs is 3. The molecule has 3 aliphatic rings. The van der Waals surface area contributed by atoms with Crippen LogP contribution in [0.1, 0.15) is 67.2 Å². The van der Waals surface area contributed by atoms with E-state index in [0.29, 0.717) is 24.0 Å². The van der Waals surface area contributed by atoms with Crippen LogP contribution in [-0.2, 0) is 38.6 Å². The molecule has 0 spiro atoms. The topological polar surface area (TPSA) is 63.7 Å². The van der Waals surface area contributed by atoms with Gasteiger partial charge in [-0.2, -0.15) is 13.2 Å². The number of nitrogens with zero attached hydrogens (tertiary/aromatic N) is 1. The Labute approximate surface area is 252 Å². The van der Waals surface area contributed by atoms with Crippen LogP contribution in [-0.4, -0.2) is 31.8 Å². The second-order valence-electron chi connectivity index (χ2n) is 11.9. The van der Waals surface area contributed by atoms with Crippen molar-refractivity contribution in [3.63, 3.8) is 0 Å². The number of carbonyl (C=O) groups is 1. The van der Waals surface area contributed by atoms with Crippen LogP contribution in [0.2, 0.25) is 0 Å². The minimum absolute atomic E-state index is 0.0281. The van der Waals surface area contributed by atoms with Gasteiger partial charge in [-0.15, -0.1) is 0 Å². The Hall–Kier alpha value is -3.47. The van der Waals surface area contributed by atoms with Crippen molar-refractivity contribution in [3.05, 3.63) is 94.6 Å². The monoisotopic (exact) mass is 633 g/mol. The molecule has 2 atom stereocenters. The average Bonchev–Trinajstić information content (AvgIpc) is 3.42. The van der Waals surface area contributed by atoms with Crippen LogP contribution in [0, 0.1) is 17.6 Å². The van der Waals surface area contributed by atoms with Gasteiger partial charge in [0.05, 0.1) is 16.5 Å². The van der Waals surface area contributed by atoms with Gasteiger partial charge in [-0.1, -0.05) is 31.4 Å². The summed E-state index contributed by atoms with van der Waals surface area (Å²) in [7, 11) is -4.16. The average molecular weight is 634 g/mol. The highest BCUT2D eigenvalue weighted by Crippen LogP contribution is 2.53. The Morgan fingerprint density at radius 2 is 1.68 bits per heavy atom. The van der Waals surface area contributed by atoms with Crippen molar-refractivity contribution in [2.75, 3.05) is 6.54 Å². The lowest BCUT2D eigenvalue weighted by Gasteiger charge is -2.43. The highest BCUT2D eigenvalue weighted by molar-refractivity contribution is 7.92. The van der Waals surface area contributed by atoms with E-state index in [1.54, 1.807) is 17.0 Å². The largest absolute Gasteiger partial charge is 0.489 e. The molecule has 1 amide bonds. The second kappa shape index (κ2) is 11.5. The fraction of sp³-hybridized carbons (Fsp3) is 0.424. The molecule has 3 aromatic carbocycles. The van der Waals surface area contributed by atoms with Gasteiger partial charge in [0.1, 0.15) is 28.7 Å². The SMILES string of the molecule is O=C(C1CCCCC1)N1CCC2(S(=O)(=O)c3ccc(F)cc3)c3ccc(OCc4c(F)cccc4C(F)(F)F)cc3CCC12. The van der Waals surface area contributed by atoms with Gasteiger partial charge in [0.25, 0.3) is 0 Å².